The Kier molecular flexibility index (Phi) is 5.26. The van der Waals surface area contributed by atoms with Crippen molar-refractivity contribution in [1.82, 2.24) is 9.55 Å². The summed E-state index contributed by atoms with van der Waals surface area (Å²) in [5.74, 6) is 0.834. The molecule has 0 radical (unpaired) electrons. The normalized spacial score (nSPS) is 15.0. The van der Waals surface area contributed by atoms with E-state index in [0.717, 1.165) is 71.6 Å². The third-order valence-electron chi connectivity index (χ3n) is 11.2. The van der Waals surface area contributed by atoms with Gasteiger partial charge >= 0.3 is 0 Å². The first-order valence-electron chi connectivity index (χ1n) is 21.7. The Labute approximate surface area is 324 Å². The summed E-state index contributed by atoms with van der Waals surface area (Å²) in [5.41, 5.74) is 7.13. The first kappa shape index (κ1) is 24.5. The van der Waals surface area contributed by atoms with Gasteiger partial charge in [0.25, 0.3) is 0 Å². The number of nitrogens with zero attached hydrogens (tertiary/aromatic N) is 2. The van der Waals surface area contributed by atoms with Gasteiger partial charge in [-0.25, -0.2) is 4.98 Å². The van der Waals surface area contributed by atoms with E-state index in [1.165, 1.54) is 0 Å². The Morgan fingerprint density at radius 2 is 1.07 bits per heavy atom. The number of hydrogen-bond donors (Lipinski definition) is 0. The minimum absolute atomic E-state index is 0.0514. The standard InChI is InChI=1S/C52H36N2/c1-52(2)44-22-10-9-17-38(44)39-31-30-36(32-45(39)52)50-42-20-7-5-18-40(42)49(41-19-6-8-21-43(41)50)34-26-28-35(29-27-34)51-53-46-23-11-12-24-48(46)54(51)47-25-13-15-33-14-3-4-16-37(33)47/h3-32H,1-2H3/i9D,10D,17D,22D,30D,31D,32D. The highest BCUT2D eigenvalue weighted by Crippen LogP contribution is 2.51. The van der Waals surface area contributed by atoms with E-state index in [9.17, 15) is 4.11 Å². The molecule has 0 amide bonds. The van der Waals surface area contributed by atoms with E-state index in [1.54, 1.807) is 0 Å². The molecule has 0 atom stereocenters. The van der Waals surface area contributed by atoms with Crippen LogP contribution < -0.4 is 0 Å². The minimum Gasteiger partial charge on any atom is -0.292 e. The SMILES string of the molecule is [2H]c1c([2H])c([2H])c2c(c1[2H])-c1c([2H])c([2H])c(-c3c4ccccc4c(-c4ccc(-c5nc6ccccc6n5-c5cccc6ccccc56)cc4)c4ccccc34)c([2H])c1C2(C)C. The zero-order valence-corrected chi connectivity index (χ0v) is 29.7. The van der Waals surface area contributed by atoms with Gasteiger partial charge in [0, 0.05) is 16.4 Å². The third-order valence-corrected chi connectivity index (χ3v) is 11.2. The number of benzene rings is 9. The fourth-order valence-electron chi connectivity index (χ4n) is 8.64. The van der Waals surface area contributed by atoms with E-state index in [-0.39, 0.29) is 47.4 Å². The van der Waals surface area contributed by atoms with Crippen LogP contribution in [0.2, 0.25) is 0 Å². The molecule has 0 unspecified atom stereocenters. The Bertz CT molecular complexity index is 3470. The van der Waals surface area contributed by atoms with Crippen LogP contribution in [0.3, 0.4) is 0 Å². The van der Waals surface area contributed by atoms with Crippen molar-refractivity contribution in [2.45, 2.75) is 19.3 Å². The minimum atomic E-state index is -1.03. The van der Waals surface area contributed by atoms with Gasteiger partial charge in [0.1, 0.15) is 5.82 Å². The van der Waals surface area contributed by atoms with Crippen molar-refractivity contribution in [3.63, 3.8) is 0 Å². The highest BCUT2D eigenvalue weighted by Gasteiger charge is 2.35. The molecule has 2 nitrogen and oxygen atoms in total. The molecule has 0 fully saturated rings. The van der Waals surface area contributed by atoms with Crippen LogP contribution in [0.15, 0.2) is 182 Å². The average molecular weight is 696 g/mol. The van der Waals surface area contributed by atoms with E-state index >= 15 is 0 Å². The van der Waals surface area contributed by atoms with Crippen LogP contribution in [0.5, 0.6) is 0 Å². The molecular formula is C52H36N2. The third kappa shape index (κ3) is 4.44. The molecule has 9 aromatic carbocycles. The van der Waals surface area contributed by atoms with Crippen molar-refractivity contribution in [2.75, 3.05) is 0 Å². The van der Waals surface area contributed by atoms with Crippen LogP contribution in [-0.4, -0.2) is 9.55 Å². The molecule has 254 valence electrons. The zero-order valence-electron chi connectivity index (χ0n) is 36.7. The number of imidazole rings is 1. The van der Waals surface area contributed by atoms with Crippen molar-refractivity contribution in [3.05, 3.63) is 193 Å². The highest BCUT2D eigenvalue weighted by molar-refractivity contribution is 6.21. The number of rotatable bonds is 4. The second-order valence-electron chi connectivity index (χ2n) is 14.6. The molecule has 1 heterocycles. The van der Waals surface area contributed by atoms with Gasteiger partial charge in [-0.1, -0.05) is 171 Å². The second-order valence-corrected chi connectivity index (χ2v) is 14.6. The van der Waals surface area contributed by atoms with Crippen molar-refractivity contribution in [2.24, 2.45) is 0 Å². The molecule has 0 bridgehead atoms. The summed E-state index contributed by atoms with van der Waals surface area (Å²) in [6.45, 7) is 3.70. The topological polar surface area (TPSA) is 17.8 Å². The highest BCUT2D eigenvalue weighted by atomic mass is 15.1. The van der Waals surface area contributed by atoms with Crippen LogP contribution in [-0.2, 0) is 5.41 Å². The predicted octanol–water partition coefficient (Wildman–Crippen LogP) is 13.8. The maximum Gasteiger partial charge on any atom is 0.145 e. The van der Waals surface area contributed by atoms with Gasteiger partial charge in [0.05, 0.1) is 26.3 Å². The quantitative estimate of drug-likeness (QED) is 0.168. The molecule has 0 aliphatic heterocycles. The molecule has 0 spiro atoms. The van der Waals surface area contributed by atoms with Crippen LogP contribution in [0, 0.1) is 0 Å². The molecule has 1 aromatic heterocycles. The predicted molar refractivity (Wildman–Crippen MR) is 227 cm³/mol. The molecule has 0 N–H and O–H groups in total. The Morgan fingerprint density at radius 3 is 1.81 bits per heavy atom. The van der Waals surface area contributed by atoms with Gasteiger partial charge in [0.2, 0.25) is 0 Å². The van der Waals surface area contributed by atoms with E-state index in [1.807, 2.05) is 68.4 Å². The van der Waals surface area contributed by atoms with Crippen LogP contribution in [0.1, 0.15) is 34.6 Å². The monoisotopic (exact) mass is 695 g/mol. The number of aromatic nitrogens is 2. The van der Waals surface area contributed by atoms with E-state index in [4.69, 9.17) is 10.5 Å². The van der Waals surface area contributed by atoms with Crippen LogP contribution in [0.4, 0.5) is 0 Å². The largest absolute Gasteiger partial charge is 0.292 e. The summed E-state index contributed by atoms with van der Waals surface area (Å²) in [6, 6.07) is 46.1. The summed E-state index contributed by atoms with van der Waals surface area (Å²) in [5, 5.41) is 5.81. The molecule has 2 heteroatoms. The number of fused-ring (bicyclic) bond motifs is 7. The summed E-state index contributed by atoms with van der Waals surface area (Å²) in [7, 11) is 0. The lowest BCUT2D eigenvalue weighted by Crippen LogP contribution is -2.14. The van der Waals surface area contributed by atoms with Gasteiger partial charge < -0.3 is 0 Å². The summed E-state index contributed by atoms with van der Waals surface area (Å²) in [4.78, 5) is 5.18. The fourth-order valence-corrected chi connectivity index (χ4v) is 8.64. The number of para-hydroxylation sites is 2. The van der Waals surface area contributed by atoms with Crippen LogP contribution >= 0.6 is 0 Å². The maximum atomic E-state index is 9.89. The second kappa shape index (κ2) is 11.6. The van der Waals surface area contributed by atoms with Crippen molar-refractivity contribution < 1.29 is 9.60 Å². The summed E-state index contributed by atoms with van der Waals surface area (Å²) < 4.78 is 65.8. The van der Waals surface area contributed by atoms with Gasteiger partial charge in [-0.3, -0.25) is 4.57 Å². The van der Waals surface area contributed by atoms with E-state index in [0.29, 0.717) is 22.3 Å². The smallest absolute Gasteiger partial charge is 0.145 e. The fraction of sp³-hybridized carbons (Fsp3) is 0.0577. The molecule has 0 saturated carbocycles. The van der Waals surface area contributed by atoms with Crippen LogP contribution in [0.25, 0.3) is 93.8 Å². The molecule has 1 aliphatic carbocycles. The van der Waals surface area contributed by atoms with E-state index < -0.39 is 11.5 Å². The van der Waals surface area contributed by atoms with Crippen molar-refractivity contribution in [1.29, 1.82) is 0 Å². The lowest BCUT2D eigenvalue weighted by atomic mass is 9.80. The average Bonchev–Trinajstić information content (AvgIpc) is 3.79. The Morgan fingerprint density at radius 1 is 0.500 bits per heavy atom. The van der Waals surface area contributed by atoms with E-state index in [2.05, 4.69) is 89.5 Å². The molecule has 10 aromatic rings. The lowest BCUT2D eigenvalue weighted by molar-refractivity contribution is 0.660. The molecule has 11 rings (SSSR count). The van der Waals surface area contributed by atoms with Crippen molar-refractivity contribution in [3.8, 4) is 50.5 Å². The van der Waals surface area contributed by atoms with Crippen molar-refractivity contribution >= 4 is 43.4 Å². The summed E-state index contributed by atoms with van der Waals surface area (Å²) in [6.07, 6.45) is 0. The molecule has 54 heavy (non-hydrogen) atoms. The molecule has 1 aliphatic rings. The first-order valence-corrected chi connectivity index (χ1v) is 18.2. The summed E-state index contributed by atoms with van der Waals surface area (Å²) >= 11 is 0. The first-order chi connectivity index (χ1) is 29.5. The number of hydrogen-bond acceptors (Lipinski definition) is 1. The van der Waals surface area contributed by atoms with Gasteiger partial charge in [-0.15, -0.1) is 0 Å². The van der Waals surface area contributed by atoms with Gasteiger partial charge in [0.15, 0.2) is 0 Å². The lowest BCUT2D eigenvalue weighted by Gasteiger charge is -2.23. The Hall–Kier alpha value is -6.77. The Balaban J connectivity index is 1.13. The molecular weight excluding hydrogens is 653 g/mol. The van der Waals surface area contributed by atoms with Gasteiger partial charge in [-0.2, -0.15) is 0 Å². The molecule has 0 saturated heterocycles. The zero-order chi connectivity index (χ0) is 42.1. The van der Waals surface area contributed by atoms with Gasteiger partial charge in [-0.05, 0) is 95.7 Å². The maximum absolute atomic E-state index is 9.89.